The van der Waals surface area contributed by atoms with Crippen molar-refractivity contribution in [1.82, 2.24) is 14.1 Å². The number of carbonyl (C=O) groups excluding carboxylic acids is 2. The second-order valence-corrected chi connectivity index (χ2v) is 12.8. The van der Waals surface area contributed by atoms with E-state index in [9.17, 15) is 18.0 Å². The molecule has 0 saturated carbocycles. The van der Waals surface area contributed by atoms with Gasteiger partial charge in [-0.1, -0.05) is 46.6 Å². The van der Waals surface area contributed by atoms with Crippen molar-refractivity contribution in [2.75, 3.05) is 45.6 Å². The number of halogens is 2. The predicted molar refractivity (Wildman–Crippen MR) is 153 cm³/mol. The van der Waals surface area contributed by atoms with Gasteiger partial charge < -0.3 is 14.5 Å². The van der Waals surface area contributed by atoms with Crippen LogP contribution in [0.4, 0.5) is 0 Å². The number of piperidine rings is 1. The third-order valence-corrected chi connectivity index (χ3v) is 9.34. The first-order chi connectivity index (χ1) is 18.1. The number of hydrogen-bond donors (Lipinski definition) is 0. The van der Waals surface area contributed by atoms with E-state index in [1.165, 1.54) is 11.4 Å². The lowest BCUT2D eigenvalue weighted by molar-refractivity contribution is -0.135. The van der Waals surface area contributed by atoms with Crippen molar-refractivity contribution in [3.8, 4) is 0 Å². The maximum absolute atomic E-state index is 13.7. The van der Waals surface area contributed by atoms with Crippen molar-refractivity contribution >= 4 is 49.4 Å². The molecule has 2 aromatic rings. The predicted octanol–water partition coefficient (Wildman–Crippen LogP) is 4.42. The van der Waals surface area contributed by atoms with Gasteiger partial charge in [0.05, 0.1) is 18.9 Å². The highest BCUT2D eigenvalue weighted by Crippen LogP contribution is 2.23. The van der Waals surface area contributed by atoms with Crippen molar-refractivity contribution in [3.05, 3.63) is 69.2 Å². The number of benzene rings is 2. The summed E-state index contributed by atoms with van der Waals surface area (Å²) in [5.41, 5.74) is 1.48. The molecular weight excluding hydrogens is 594 g/mol. The number of methoxy groups -OCH3 is 1. The van der Waals surface area contributed by atoms with Gasteiger partial charge in [0.1, 0.15) is 0 Å². The zero-order chi connectivity index (χ0) is 27.7. The van der Waals surface area contributed by atoms with E-state index in [1.807, 2.05) is 30.3 Å². The minimum absolute atomic E-state index is 0.0329. The van der Waals surface area contributed by atoms with Crippen LogP contribution in [0.3, 0.4) is 0 Å². The molecule has 0 unspecified atom stereocenters. The number of nitrogens with zero attached hydrogens (tertiary/aromatic N) is 3. The summed E-state index contributed by atoms with van der Waals surface area (Å²) in [4.78, 5) is 30.2. The van der Waals surface area contributed by atoms with Crippen LogP contribution in [0.25, 0.3) is 0 Å². The fourth-order valence-electron chi connectivity index (χ4n) is 4.55. The summed E-state index contributed by atoms with van der Waals surface area (Å²) in [5, 5.41) is 0.567. The van der Waals surface area contributed by atoms with Gasteiger partial charge >= 0.3 is 0 Å². The average molecular weight is 629 g/mol. The first kappa shape index (κ1) is 30.6. The summed E-state index contributed by atoms with van der Waals surface area (Å²) in [5.74, 6) is -0.354. The van der Waals surface area contributed by atoms with Gasteiger partial charge in [-0.3, -0.25) is 9.59 Å². The fourth-order valence-corrected chi connectivity index (χ4v) is 6.46. The smallest absolute Gasteiger partial charge is 0.253 e. The highest BCUT2D eigenvalue weighted by Gasteiger charge is 2.33. The molecule has 0 aliphatic carbocycles. The lowest BCUT2D eigenvalue weighted by Gasteiger charge is -2.39. The molecule has 1 saturated heterocycles. The molecule has 3 rings (SSSR count). The molecule has 11 heteroatoms. The van der Waals surface area contributed by atoms with Crippen molar-refractivity contribution in [2.45, 2.75) is 38.8 Å². The van der Waals surface area contributed by atoms with Crippen molar-refractivity contribution in [2.24, 2.45) is 0 Å². The Morgan fingerprint density at radius 2 is 1.82 bits per heavy atom. The summed E-state index contributed by atoms with van der Waals surface area (Å²) >= 11 is 9.59. The van der Waals surface area contributed by atoms with E-state index in [0.717, 1.165) is 10.0 Å². The van der Waals surface area contributed by atoms with E-state index in [1.54, 1.807) is 34.9 Å². The second kappa shape index (κ2) is 14.4. The van der Waals surface area contributed by atoms with Crippen LogP contribution in [0.15, 0.2) is 53.0 Å². The SMILES string of the molecule is CCCS(=O)(=O)N(CCOC)CC(=O)N(Cc1cccc(Cl)c1)C1CCN(C(=O)c2ccc(Br)cc2)CC1. The molecule has 208 valence electrons. The summed E-state index contributed by atoms with van der Waals surface area (Å²) in [7, 11) is -2.11. The van der Waals surface area contributed by atoms with Crippen LogP contribution >= 0.6 is 27.5 Å². The van der Waals surface area contributed by atoms with Crippen LogP contribution in [0.5, 0.6) is 0 Å². The van der Waals surface area contributed by atoms with Crippen LogP contribution in [0, 0.1) is 0 Å². The summed E-state index contributed by atoms with van der Waals surface area (Å²) in [6.07, 6.45) is 1.64. The highest BCUT2D eigenvalue weighted by atomic mass is 79.9. The van der Waals surface area contributed by atoms with Crippen molar-refractivity contribution in [1.29, 1.82) is 0 Å². The molecule has 38 heavy (non-hydrogen) atoms. The molecule has 0 bridgehead atoms. The molecular formula is C27H35BrClN3O5S. The first-order valence-corrected chi connectivity index (χ1v) is 15.5. The van der Waals surface area contributed by atoms with Gasteiger partial charge in [-0.2, -0.15) is 4.31 Å². The Morgan fingerprint density at radius 3 is 2.42 bits per heavy atom. The molecule has 0 spiro atoms. The van der Waals surface area contributed by atoms with Crippen LogP contribution < -0.4 is 0 Å². The summed E-state index contributed by atoms with van der Waals surface area (Å²) < 4.78 is 33.0. The molecule has 1 aliphatic rings. The molecule has 2 amide bonds. The van der Waals surface area contributed by atoms with Crippen molar-refractivity contribution < 1.29 is 22.7 Å². The van der Waals surface area contributed by atoms with Gasteiger partial charge in [0, 0.05) is 54.4 Å². The maximum Gasteiger partial charge on any atom is 0.253 e. The number of rotatable bonds is 12. The Labute approximate surface area is 239 Å². The van der Waals surface area contributed by atoms with E-state index in [4.69, 9.17) is 16.3 Å². The second-order valence-electron chi connectivity index (χ2n) is 9.32. The lowest BCUT2D eigenvalue weighted by Crippen LogP contribution is -2.51. The van der Waals surface area contributed by atoms with Crippen molar-refractivity contribution in [3.63, 3.8) is 0 Å². The van der Waals surface area contributed by atoms with Gasteiger partial charge in [-0.15, -0.1) is 0 Å². The number of amides is 2. The lowest BCUT2D eigenvalue weighted by atomic mass is 10.0. The Hall–Kier alpha value is -1.98. The minimum Gasteiger partial charge on any atom is -0.383 e. The quantitative estimate of drug-likeness (QED) is 0.347. The first-order valence-electron chi connectivity index (χ1n) is 12.7. The standard InChI is InChI=1S/C27H35BrClN3O5S/c1-3-17-38(35,36)31(15-16-37-2)20-26(33)32(19-21-5-4-6-24(29)18-21)25-11-13-30(14-12-25)27(34)22-7-9-23(28)10-8-22/h4-10,18,25H,3,11-17,19-20H2,1-2H3. The van der Waals surface area contributed by atoms with E-state index in [-0.39, 0.29) is 43.3 Å². The van der Waals surface area contributed by atoms with E-state index >= 15 is 0 Å². The molecule has 8 nitrogen and oxygen atoms in total. The Morgan fingerprint density at radius 1 is 1.13 bits per heavy atom. The van der Waals surface area contributed by atoms with Gasteiger partial charge in [0.25, 0.3) is 5.91 Å². The third-order valence-electron chi connectivity index (χ3n) is 6.56. The fraction of sp³-hybridized carbons (Fsp3) is 0.481. The maximum atomic E-state index is 13.7. The topological polar surface area (TPSA) is 87.2 Å². The largest absolute Gasteiger partial charge is 0.383 e. The number of hydrogen-bond acceptors (Lipinski definition) is 5. The number of likely N-dealkylation sites (tertiary alicyclic amines) is 1. The van der Waals surface area contributed by atoms with Crippen LogP contribution in [-0.4, -0.2) is 86.0 Å². The van der Waals surface area contributed by atoms with Crippen LogP contribution in [0.2, 0.25) is 5.02 Å². The average Bonchev–Trinajstić information content (AvgIpc) is 2.89. The van der Waals surface area contributed by atoms with Gasteiger partial charge in [0.2, 0.25) is 15.9 Å². The monoisotopic (exact) mass is 627 g/mol. The van der Waals surface area contributed by atoms with Crippen LogP contribution in [-0.2, 0) is 26.1 Å². The Kier molecular flexibility index (Phi) is 11.6. The molecule has 2 aromatic carbocycles. The number of carbonyl (C=O) groups is 2. The molecule has 0 aromatic heterocycles. The molecule has 1 fully saturated rings. The van der Waals surface area contributed by atoms with Gasteiger partial charge in [-0.25, -0.2) is 8.42 Å². The number of ether oxygens (including phenoxy) is 1. The molecule has 1 heterocycles. The van der Waals surface area contributed by atoms with Gasteiger partial charge in [0.15, 0.2) is 0 Å². The van der Waals surface area contributed by atoms with Gasteiger partial charge in [-0.05, 0) is 61.2 Å². The normalized spacial score (nSPS) is 14.6. The molecule has 0 N–H and O–H groups in total. The highest BCUT2D eigenvalue weighted by molar-refractivity contribution is 9.10. The van der Waals surface area contributed by atoms with E-state index < -0.39 is 10.0 Å². The molecule has 1 aliphatic heterocycles. The summed E-state index contributed by atoms with van der Waals surface area (Å²) in [6.45, 7) is 3.14. The zero-order valence-corrected chi connectivity index (χ0v) is 25.0. The minimum atomic E-state index is -3.61. The third kappa shape index (κ3) is 8.51. The molecule has 0 radical (unpaired) electrons. The van der Waals surface area contributed by atoms with Crippen LogP contribution in [0.1, 0.15) is 42.1 Å². The van der Waals surface area contributed by atoms with E-state index in [2.05, 4.69) is 15.9 Å². The zero-order valence-electron chi connectivity index (χ0n) is 21.8. The van der Waals surface area contributed by atoms with E-state index in [0.29, 0.717) is 49.5 Å². The Balaban J connectivity index is 1.77. The Bertz CT molecular complexity index is 1190. The summed E-state index contributed by atoms with van der Waals surface area (Å²) in [6, 6.07) is 14.4. The molecule has 0 atom stereocenters. The number of sulfonamides is 1.